The molecule has 1 saturated heterocycles. The van der Waals surface area contributed by atoms with Crippen molar-refractivity contribution in [3.05, 3.63) is 35.9 Å². The summed E-state index contributed by atoms with van der Waals surface area (Å²) in [6, 6.07) is 10.7. The molecule has 1 aliphatic rings. The van der Waals surface area contributed by atoms with Crippen molar-refractivity contribution >= 4 is 0 Å². The monoisotopic (exact) mass is 251 g/mol. The Bertz CT molecular complexity index is 345. The minimum absolute atomic E-state index is 0.00670. The molecule has 0 aromatic heterocycles. The van der Waals surface area contributed by atoms with Gasteiger partial charge in [0.25, 0.3) is 0 Å². The molecule has 0 amide bonds. The van der Waals surface area contributed by atoms with Crippen molar-refractivity contribution in [2.45, 2.75) is 19.4 Å². The summed E-state index contributed by atoms with van der Waals surface area (Å²) in [6.45, 7) is 3.49. The number of hydrogen-bond acceptors (Lipinski definition) is 2. The summed E-state index contributed by atoms with van der Waals surface area (Å²) < 4.78 is 12.9. The van der Waals surface area contributed by atoms with Crippen LogP contribution < -0.4 is 0 Å². The molecule has 1 heterocycles. The summed E-state index contributed by atoms with van der Waals surface area (Å²) in [6.07, 6.45) is 1.02. The first-order valence-electron chi connectivity index (χ1n) is 6.76. The van der Waals surface area contributed by atoms with Gasteiger partial charge in [0, 0.05) is 37.6 Å². The number of aliphatic hydroxyl groups excluding tert-OH is 1. The zero-order chi connectivity index (χ0) is 13.0. The fourth-order valence-electron chi connectivity index (χ4n) is 2.99. The highest BCUT2D eigenvalue weighted by molar-refractivity contribution is 5.19. The number of halogens is 1. The van der Waals surface area contributed by atoms with E-state index in [1.165, 1.54) is 5.56 Å². The molecule has 1 N–H and O–H groups in total. The van der Waals surface area contributed by atoms with Crippen LogP contribution in [0.5, 0.6) is 0 Å². The van der Waals surface area contributed by atoms with E-state index in [0.29, 0.717) is 6.04 Å². The number of hydrogen-bond donors (Lipinski definition) is 1. The van der Waals surface area contributed by atoms with Gasteiger partial charge in [0.05, 0.1) is 6.67 Å². The van der Waals surface area contributed by atoms with E-state index in [0.717, 1.165) is 19.5 Å². The zero-order valence-electron chi connectivity index (χ0n) is 10.9. The maximum Gasteiger partial charge on any atom is 0.0938 e. The second-order valence-electron chi connectivity index (χ2n) is 5.15. The van der Waals surface area contributed by atoms with E-state index >= 15 is 0 Å². The molecule has 100 valence electrons. The molecule has 1 aliphatic heterocycles. The number of benzene rings is 1. The van der Waals surface area contributed by atoms with E-state index in [-0.39, 0.29) is 25.1 Å². The van der Waals surface area contributed by atoms with Crippen LogP contribution in [-0.2, 0) is 0 Å². The minimum atomic E-state index is -0.326. The van der Waals surface area contributed by atoms with E-state index in [1.807, 2.05) is 18.2 Å². The predicted octanol–water partition coefficient (Wildman–Crippen LogP) is 2.65. The molecule has 3 atom stereocenters. The van der Waals surface area contributed by atoms with E-state index < -0.39 is 0 Å². The lowest BCUT2D eigenvalue weighted by molar-refractivity contribution is 0.182. The highest BCUT2D eigenvalue weighted by Gasteiger charge is 2.35. The first kappa shape index (κ1) is 13.5. The Morgan fingerprint density at radius 3 is 2.44 bits per heavy atom. The molecule has 2 nitrogen and oxygen atoms in total. The molecule has 0 bridgehead atoms. The minimum Gasteiger partial charge on any atom is -0.396 e. The van der Waals surface area contributed by atoms with Crippen molar-refractivity contribution in [3.63, 3.8) is 0 Å². The molecule has 1 aromatic rings. The van der Waals surface area contributed by atoms with Crippen molar-refractivity contribution in [3.8, 4) is 0 Å². The van der Waals surface area contributed by atoms with E-state index in [9.17, 15) is 9.50 Å². The van der Waals surface area contributed by atoms with Gasteiger partial charge >= 0.3 is 0 Å². The normalized spacial score (nSPS) is 26.4. The van der Waals surface area contributed by atoms with Crippen LogP contribution >= 0.6 is 0 Å². The van der Waals surface area contributed by atoms with Gasteiger partial charge in [0.2, 0.25) is 0 Å². The Labute approximate surface area is 108 Å². The fraction of sp³-hybridized carbons (Fsp3) is 0.600. The number of alkyl halides is 1. The molecule has 0 spiro atoms. The third-order valence-corrected chi connectivity index (χ3v) is 4.05. The molecule has 0 aliphatic carbocycles. The Kier molecular flexibility index (Phi) is 4.72. The van der Waals surface area contributed by atoms with Gasteiger partial charge < -0.3 is 5.11 Å². The second kappa shape index (κ2) is 6.30. The van der Waals surface area contributed by atoms with Crippen molar-refractivity contribution < 1.29 is 9.50 Å². The van der Waals surface area contributed by atoms with Gasteiger partial charge in [-0.3, -0.25) is 9.29 Å². The van der Waals surface area contributed by atoms with Crippen LogP contribution in [0.2, 0.25) is 0 Å². The maximum atomic E-state index is 12.9. The lowest BCUT2D eigenvalue weighted by atomic mass is 9.99. The molecule has 0 radical (unpaired) electrons. The second-order valence-corrected chi connectivity index (χ2v) is 5.15. The molecule has 3 heteroatoms. The quantitative estimate of drug-likeness (QED) is 0.869. The highest BCUT2D eigenvalue weighted by Crippen LogP contribution is 2.33. The number of likely N-dealkylation sites (tertiary alicyclic amines) is 1. The average Bonchev–Trinajstić information content (AvgIpc) is 2.84. The smallest absolute Gasteiger partial charge is 0.0938 e. The van der Waals surface area contributed by atoms with Gasteiger partial charge in [0.15, 0.2) is 0 Å². The van der Waals surface area contributed by atoms with Crippen LogP contribution in [0.15, 0.2) is 30.3 Å². The first-order chi connectivity index (χ1) is 8.80. The van der Waals surface area contributed by atoms with E-state index in [1.54, 1.807) is 0 Å². The Morgan fingerprint density at radius 1 is 1.28 bits per heavy atom. The molecular formula is C15H22FNO. The highest BCUT2D eigenvalue weighted by atomic mass is 19.1. The first-order valence-corrected chi connectivity index (χ1v) is 6.76. The Hall–Kier alpha value is -0.930. The summed E-state index contributed by atoms with van der Waals surface area (Å²) in [7, 11) is 0. The molecule has 18 heavy (non-hydrogen) atoms. The topological polar surface area (TPSA) is 23.5 Å². The van der Waals surface area contributed by atoms with Crippen molar-refractivity contribution in [2.75, 3.05) is 26.4 Å². The molecule has 1 unspecified atom stereocenters. The van der Waals surface area contributed by atoms with E-state index in [4.69, 9.17) is 0 Å². The maximum absolute atomic E-state index is 12.9. The van der Waals surface area contributed by atoms with Gasteiger partial charge in [0.1, 0.15) is 0 Å². The number of aliphatic hydroxyl groups is 1. The van der Waals surface area contributed by atoms with Gasteiger partial charge in [-0.1, -0.05) is 37.3 Å². The predicted molar refractivity (Wildman–Crippen MR) is 71.1 cm³/mol. The summed E-state index contributed by atoms with van der Waals surface area (Å²) >= 11 is 0. The van der Waals surface area contributed by atoms with E-state index in [2.05, 4.69) is 24.0 Å². The van der Waals surface area contributed by atoms with Gasteiger partial charge in [-0.05, 0) is 12.0 Å². The van der Waals surface area contributed by atoms with Crippen LogP contribution in [0, 0.1) is 11.8 Å². The van der Waals surface area contributed by atoms with Gasteiger partial charge in [-0.2, -0.15) is 0 Å². The van der Waals surface area contributed by atoms with Crippen LogP contribution in [0.4, 0.5) is 4.39 Å². The Balaban J connectivity index is 2.11. The summed E-state index contributed by atoms with van der Waals surface area (Å²) in [5, 5.41) is 9.32. The summed E-state index contributed by atoms with van der Waals surface area (Å²) in [5.41, 5.74) is 1.29. The van der Waals surface area contributed by atoms with Crippen molar-refractivity contribution in [1.29, 1.82) is 0 Å². The van der Waals surface area contributed by atoms with Crippen LogP contribution in [0.1, 0.15) is 24.9 Å². The molecular weight excluding hydrogens is 229 g/mol. The largest absolute Gasteiger partial charge is 0.396 e. The van der Waals surface area contributed by atoms with Gasteiger partial charge in [-0.25, -0.2) is 0 Å². The Morgan fingerprint density at radius 2 is 1.94 bits per heavy atom. The van der Waals surface area contributed by atoms with Crippen molar-refractivity contribution in [2.24, 2.45) is 11.8 Å². The molecule has 1 aromatic carbocycles. The lowest BCUT2D eigenvalue weighted by Gasteiger charge is -2.27. The van der Waals surface area contributed by atoms with Crippen molar-refractivity contribution in [1.82, 2.24) is 4.90 Å². The van der Waals surface area contributed by atoms with Crippen LogP contribution in [0.25, 0.3) is 0 Å². The average molecular weight is 251 g/mol. The SMILES string of the molecule is CCC(c1ccccc1)N1C[C@H](CO)[C@@H](CF)C1. The lowest BCUT2D eigenvalue weighted by Crippen LogP contribution is -2.26. The third-order valence-electron chi connectivity index (χ3n) is 4.05. The summed E-state index contributed by atoms with van der Waals surface area (Å²) in [4.78, 5) is 2.32. The third kappa shape index (κ3) is 2.73. The number of nitrogens with zero attached hydrogens (tertiary/aromatic N) is 1. The molecule has 1 fully saturated rings. The fourth-order valence-corrected chi connectivity index (χ4v) is 2.99. The molecule has 0 saturated carbocycles. The van der Waals surface area contributed by atoms with Crippen LogP contribution in [0.3, 0.4) is 0 Å². The zero-order valence-corrected chi connectivity index (χ0v) is 10.9. The number of rotatable bonds is 5. The standard InChI is InChI=1S/C15H22FNO/c1-2-15(12-6-4-3-5-7-12)17-9-13(8-16)14(10-17)11-18/h3-7,13-15,18H,2,8-11H2,1H3/t13-,14+,15?/m0/s1. The van der Waals surface area contributed by atoms with Gasteiger partial charge in [-0.15, -0.1) is 0 Å². The van der Waals surface area contributed by atoms with Crippen LogP contribution in [-0.4, -0.2) is 36.4 Å². The summed E-state index contributed by atoms with van der Waals surface area (Å²) in [5.74, 6) is 0.0838. The molecule has 2 rings (SSSR count).